The zero-order chi connectivity index (χ0) is 13.0. The Kier molecular flexibility index (Phi) is 6.12. The van der Waals surface area contributed by atoms with E-state index in [1.807, 2.05) is 36.1 Å². The van der Waals surface area contributed by atoms with Gasteiger partial charge in [0, 0.05) is 24.7 Å². The fourth-order valence-corrected chi connectivity index (χ4v) is 2.24. The average molecular weight is 285 g/mol. The summed E-state index contributed by atoms with van der Waals surface area (Å²) in [6, 6.07) is 7.41. The van der Waals surface area contributed by atoms with Crippen LogP contribution >= 0.6 is 12.4 Å². The molecule has 0 unspecified atom stereocenters. The van der Waals surface area contributed by atoms with Crippen LogP contribution in [-0.4, -0.2) is 36.5 Å². The standard InChI is InChI=1S/C14H20N2O2.ClH/c1-2-18-13-7-5-11(6-8-13)14(17)16-9-3-4-12(15)10-16;/h5-8,12H,2-4,9-10,15H2,1H3;1H/t12-;/m1./s1. The minimum atomic E-state index is 0. The van der Waals surface area contributed by atoms with E-state index in [2.05, 4.69) is 0 Å². The van der Waals surface area contributed by atoms with Gasteiger partial charge < -0.3 is 15.4 Å². The molecule has 1 heterocycles. The van der Waals surface area contributed by atoms with Crippen molar-refractivity contribution < 1.29 is 9.53 Å². The van der Waals surface area contributed by atoms with Gasteiger partial charge in [0.05, 0.1) is 6.61 Å². The summed E-state index contributed by atoms with van der Waals surface area (Å²) >= 11 is 0. The molecule has 0 spiro atoms. The second-order valence-corrected chi connectivity index (χ2v) is 4.61. The fraction of sp³-hybridized carbons (Fsp3) is 0.500. The van der Waals surface area contributed by atoms with E-state index in [4.69, 9.17) is 10.5 Å². The third-order valence-electron chi connectivity index (χ3n) is 3.16. The van der Waals surface area contributed by atoms with E-state index in [1.54, 1.807) is 0 Å². The van der Waals surface area contributed by atoms with Crippen molar-refractivity contribution in [2.45, 2.75) is 25.8 Å². The van der Waals surface area contributed by atoms with E-state index < -0.39 is 0 Å². The Bertz CT molecular complexity index is 408. The molecule has 2 N–H and O–H groups in total. The second kappa shape index (κ2) is 7.36. The Hall–Kier alpha value is -1.26. The van der Waals surface area contributed by atoms with Crippen LogP contribution in [0.3, 0.4) is 0 Å². The molecule has 4 nitrogen and oxygen atoms in total. The Labute approximate surface area is 120 Å². The molecule has 1 aliphatic rings. The molecule has 1 aromatic carbocycles. The molecule has 0 saturated carbocycles. The van der Waals surface area contributed by atoms with Crippen molar-refractivity contribution in [3.8, 4) is 5.75 Å². The summed E-state index contributed by atoms with van der Waals surface area (Å²) < 4.78 is 5.36. The number of hydrogen-bond donors (Lipinski definition) is 1. The minimum absolute atomic E-state index is 0. The predicted octanol–water partition coefficient (Wildman–Crippen LogP) is 2.07. The lowest BCUT2D eigenvalue weighted by Gasteiger charge is -2.30. The van der Waals surface area contributed by atoms with Crippen LogP contribution in [0.15, 0.2) is 24.3 Å². The zero-order valence-corrected chi connectivity index (χ0v) is 12.0. The van der Waals surface area contributed by atoms with Gasteiger partial charge in [-0.2, -0.15) is 0 Å². The van der Waals surface area contributed by atoms with Crippen molar-refractivity contribution in [1.29, 1.82) is 0 Å². The quantitative estimate of drug-likeness (QED) is 0.924. The molecule has 1 aromatic rings. The van der Waals surface area contributed by atoms with Crippen LogP contribution in [0.4, 0.5) is 0 Å². The number of carbonyl (C=O) groups is 1. The number of piperidine rings is 1. The van der Waals surface area contributed by atoms with Crippen LogP contribution in [0.5, 0.6) is 5.75 Å². The molecule has 0 bridgehead atoms. The first-order valence-corrected chi connectivity index (χ1v) is 6.48. The van der Waals surface area contributed by atoms with Crippen molar-refractivity contribution in [3.05, 3.63) is 29.8 Å². The van der Waals surface area contributed by atoms with Gasteiger partial charge in [0.25, 0.3) is 5.91 Å². The average Bonchev–Trinajstić information content (AvgIpc) is 2.39. The second-order valence-electron chi connectivity index (χ2n) is 4.61. The number of likely N-dealkylation sites (tertiary alicyclic amines) is 1. The molecule has 1 amide bonds. The van der Waals surface area contributed by atoms with E-state index in [9.17, 15) is 4.79 Å². The SMILES string of the molecule is CCOc1ccc(C(=O)N2CCC[C@@H](N)C2)cc1.Cl. The van der Waals surface area contributed by atoms with Crippen molar-refractivity contribution in [2.24, 2.45) is 5.73 Å². The van der Waals surface area contributed by atoms with Gasteiger partial charge in [-0.05, 0) is 44.0 Å². The van der Waals surface area contributed by atoms with E-state index in [1.165, 1.54) is 0 Å². The summed E-state index contributed by atoms with van der Waals surface area (Å²) in [4.78, 5) is 14.1. The third-order valence-corrected chi connectivity index (χ3v) is 3.16. The Morgan fingerprint density at radius 3 is 2.68 bits per heavy atom. The summed E-state index contributed by atoms with van der Waals surface area (Å²) in [5.74, 6) is 0.859. The fourth-order valence-electron chi connectivity index (χ4n) is 2.24. The van der Waals surface area contributed by atoms with Gasteiger partial charge in [-0.3, -0.25) is 4.79 Å². The molecule has 0 aromatic heterocycles. The van der Waals surface area contributed by atoms with Gasteiger partial charge in [-0.1, -0.05) is 0 Å². The number of amides is 1. The lowest BCUT2D eigenvalue weighted by atomic mass is 10.1. The first-order chi connectivity index (χ1) is 8.70. The number of ether oxygens (including phenoxy) is 1. The molecule has 106 valence electrons. The summed E-state index contributed by atoms with van der Waals surface area (Å²) in [6.07, 6.45) is 2.00. The first kappa shape index (κ1) is 15.8. The topological polar surface area (TPSA) is 55.6 Å². The molecule has 1 fully saturated rings. The monoisotopic (exact) mass is 284 g/mol. The summed E-state index contributed by atoms with van der Waals surface area (Å²) in [5.41, 5.74) is 6.59. The van der Waals surface area contributed by atoms with E-state index in [0.717, 1.165) is 25.1 Å². The summed E-state index contributed by atoms with van der Waals surface area (Å²) in [5, 5.41) is 0. The van der Waals surface area contributed by atoms with Crippen LogP contribution in [0.2, 0.25) is 0 Å². The number of rotatable bonds is 3. The maximum Gasteiger partial charge on any atom is 0.253 e. The molecule has 1 saturated heterocycles. The highest BCUT2D eigenvalue weighted by Gasteiger charge is 2.22. The highest BCUT2D eigenvalue weighted by atomic mass is 35.5. The smallest absolute Gasteiger partial charge is 0.253 e. The van der Waals surface area contributed by atoms with E-state index in [-0.39, 0.29) is 24.4 Å². The van der Waals surface area contributed by atoms with Crippen LogP contribution in [-0.2, 0) is 0 Å². The maximum absolute atomic E-state index is 12.2. The molecule has 1 atom stereocenters. The van der Waals surface area contributed by atoms with Crippen LogP contribution in [0, 0.1) is 0 Å². The molecular formula is C14H21ClN2O2. The number of hydrogen-bond acceptors (Lipinski definition) is 3. The van der Waals surface area contributed by atoms with Gasteiger partial charge in [0.15, 0.2) is 0 Å². The maximum atomic E-state index is 12.2. The molecule has 2 rings (SSSR count). The molecule has 5 heteroatoms. The third kappa shape index (κ3) is 4.11. The van der Waals surface area contributed by atoms with Gasteiger partial charge in [0.2, 0.25) is 0 Å². The van der Waals surface area contributed by atoms with Crippen molar-refractivity contribution in [2.75, 3.05) is 19.7 Å². The van der Waals surface area contributed by atoms with Gasteiger partial charge >= 0.3 is 0 Å². The molecular weight excluding hydrogens is 264 g/mol. The molecule has 0 radical (unpaired) electrons. The van der Waals surface area contributed by atoms with Gasteiger partial charge in [-0.15, -0.1) is 12.4 Å². The molecule has 0 aliphatic carbocycles. The summed E-state index contributed by atoms with van der Waals surface area (Å²) in [7, 11) is 0. The van der Waals surface area contributed by atoms with Gasteiger partial charge in [-0.25, -0.2) is 0 Å². The zero-order valence-electron chi connectivity index (χ0n) is 11.2. The van der Waals surface area contributed by atoms with E-state index >= 15 is 0 Å². The minimum Gasteiger partial charge on any atom is -0.494 e. The normalized spacial score (nSPS) is 18.6. The van der Waals surface area contributed by atoms with E-state index in [0.29, 0.717) is 18.7 Å². The Balaban J connectivity index is 0.00000180. The Morgan fingerprint density at radius 1 is 1.42 bits per heavy atom. The molecule has 1 aliphatic heterocycles. The number of nitrogens with zero attached hydrogens (tertiary/aromatic N) is 1. The predicted molar refractivity (Wildman–Crippen MR) is 78.0 cm³/mol. The van der Waals surface area contributed by atoms with Crippen molar-refractivity contribution in [3.63, 3.8) is 0 Å². The summed E-state index contributed by atoms with van der Waals surface area (Å²) in [6.45, 7) is 4.04. The van der Waals surface area contributed by atoms with Crippen molar-refractivity contribution >= 4 is 18.3 Å². The van der Waals surface area contributed by atoms with Crippen LogP contribution in [0.25, 0.3) is 0 Å². The van der Waals surface area contributed by atoms with Crippen LogP contribution < -0.4 is 10.5 Å². The Morgan fingerprint density at radius 2 is 2.11 bits per heavy atom. The number of carbonyl (C=O) groups excluding carboxylic acids is 1. The lowest BCUT2D eigenvalue weighted by Crippen LogP contribution is -2.45. The van der Waals surface area contributed by atoms with Gasteiger partial charge in [0.1, 0.15) is 5.75 Å². The highest BCUT2D eigenvalue weighted by Crippen LogP contribution is 2.16. The van der Waals surface area contributed by atoms with Crippen LogP contribution in [0.1, 0.15) is 30.1 Å². The first-order valence-electron chi connectivity index (χ1n) is 6.48. The highest BCUT2D eigenvalue weighted by molar-refractivity contribution is 5.94. The molecule has 19 heavy (non-hydrogen) atoms. The number of halogens is 1. The number of benzene rings is 1. The largest absolute Gasteiger partial charge is 0.494 e. The number of nitrogens with two attached hydrogens (primary N) is 1. The lowest BCUT2D eigenvalue weighted by molar-refractivity contribution is 0.0709. The van der Waals surface area contributed by atoms with Crippen molar-refractivity contribution in [1.82, 2.24) is 4.90 Å².